The lowest BCUT2D eigenvalue weighted by molar-refractivity contribution is -0.143. The summed E-state index contributed by atoms with van der Waals surface area (Å²) in [6.07, 6.45) is 77.2. The number of hydrogen-bond donors (Lipinski definition) is 3. The van der Waals surface area contributed by atoms with Crippen LogP contribution in [0, 0.1) is 0 Å². The van der Waals surface area contributed by atoms with E-state index in [1.54, 1.807) is 0 Å². The second-order valence-corrected chi connectivity index (χ2v) is 22.1. The number of hydrogen-bond acceptors (Lipinski definition) is 5. The van der Waals surface area contributed by atoms with Crippen molar-refractivity contribution in [2.75, 3.05) is 13.2 Å². The lowest BCUT2D eigenvalue weighted by Gasteiger charge is -2.22. The highest BCUT2D eigenvalue weighted by molar-refractivity contribution is 5.76. The molecule has 0 bridgehead atoms. The van der Waals surface area contributed by atoms with E-state index in [9.17, 15) is 19.8 Å². The first-order valence-electron chi connectivity index (χ1n) is 32.2. The van der Waals surface area contributed by atoms with Crippen molar-refractivity contribution in [2.45, 2.75) is 360 Å². The molecule has 0 aliphatic carbocycles. The van der Waals surface area contributed by atoms with Crippen molar-refractivity contribution in [3.8, 4) is 0 Å². The van der Waals surface area contributed by atoms with Gasteiger partial charge in [0, 0.05) is 12.8 Å². The molecule has 1 amide bonds. The van der Waals surface area contributed by atoms with Crippen molar-refractivity contribution >= 4 is 11.9 Å². The number of aliphatic hydroxyl groups excluding tert-OH is 2. The van der Waals surface area contributed by atoms with Crippen LogP contribution >= 0.6 is 0 Å². The molecule has 0 aromatic rings. The average Bonchev–Trinajstić information content (AvgIpc) is 3.38. The van der Waals surface area contributed by atoms with Crippen molar-refractivity contribution in [1.82, 2.24) is 5.32 Å². The van der Waals surface area contributed by atoms with Gasteiger partial charge >= 0.3 is 5.97 Å². The topological polar surface area (TPSA) is 95.9 Å². The fourth-order valence-corrected chi connectivity index (χ4v) is 9.96. The lowest BCUT2D eigenvalue weighted by atomic mass is 10.0. The van der Waals surface area contributed by atoms with Gasteiger partial charge in [0.25, 0.3) is 0 Å². The van der Waals surface area contributed by atoms with Crippen molar-refractivity contribution in [3.63, 3.8) is 0 Å². The zero-order valence-electron chi connectivity index (χ0n) is 48.4. The van der Waals surface area contributed by atoms with Crippen LogP contribution in [0.1, 0.15) is 348 Å². The molecule has 0 heterocycles. The molecule has 0 spiro atoms. The fourth-order valence-electron chi connectivity index (χ4n) is 9.96. The van der Waals surface area contributed by atoms with Gasteiger partial charge in [0.05, 0.1) is 25.4 Å². The number of esters is 1. The highest BCUT2D eigenvalue weighted by Crippen LogP contribution is 2.18. The van der Waals surface area contributed by atoms with Gasteiger partial charge in [-0.25, -0.2) is 0 Å². The van der Waals surface area contributed by atoms with Crippen molar-refractivity contribution in [2.24, 2.45) is 0 Å². The molecule has 6 nitrogen and oxygen atoms in total. The number of amides is 1. The maximum atomic E-state index is 12.5. The van der Waals surface area contributed by atoms with Gasteiger partial charge in [-0.3, -0.25) is 9.59 Å². The number of unbranched alkanes of at least 4 members (excludes halogenated alkanes) is 43. The Labute approximate surface area is 449 Å². The third-order valence-electron chi connectivity index (χ3n) is 14.9. The number of carbonyl (C=O) groups is 2. The van der Waals surface area contributed by atoms with Gasteiger partial charge in [-0.2, -0.15) is 0 Å². The van der Waals surface area contributed by atoms with Crippen LogP contribution in [-0.2, 0) is 14.3 Å². The fraction of sp³-hybridized carbons (Fsp3) is 0.879. The van der Waals surface area contributed by atoms with E-state index in [-0.39, 0.29) is 18.5 Å². The first-order chi connectivity index (χ1) is 35.5. The van der Waals surface area contributed by atoms with Crippen LogP contribution in [0.15, 0.2) is 36.5 Å². The summed E-state index contributed by atoms with van der Waals surface area (Å²) in [4.78, 5) is 24.6. The molecule has 0 aromatic heterocycles. The number of allylic oxidation sites excluding steroid dienone is 6. The van der Waals surface area contributed by atoms with E-state index >= 15 is 0 Å². The second kappa shape index (κ2) is 61.6. The molecule has 0 fully saturated rings. The van der Waals surface area contributed by atoms with Crippen LogP contribution in [0.5, 0.6) is 0 Å². The molecular weight excluding hydrogens is 887 g/mol. The van der Waals surface area contributed by atoms with Crippen molar-refractivity contribution in [3.05, 3.63) is 36.5 Å². The Balaban J connectivity index is 3.45. The minimum absolute atomic E-state index is 0.0100. The summed E-state index contributed by atoms with van der Waals surface area (Å²) >= 11 is 0. The van der Waals surface area contributed by atoms with Gasteiger partial charge in [-0.05, 0) is 83.5 Å². The van der Waals surface area contributed by atoms with Crippen LogP contribution in [0.4, 0.5) is 0 Å². The van der Waals surface area contributed by atoms with Crippen molar-refractivity contribution in [1.29, 1.82) is 0 Å². The number of carbonyl (C=O) groups excluding carboxylic acids is 2. The molecule has 0 aliphatic heterocycles. The maximum absolute atomic E-state index is 12.5. The first-order valence-corrected chi connectivity index (χ1v) is 32.2. The molecule has 0 saturated carbocycles. The highest BCUT2D eigenvalue weighted by Gasteiger charge is 2.20. The Hall–Kier alpha value is -1.92. The first kappa shape index (κ1) is 70.1. The molecular formula is C66H125NO5. The third-order valence-corrected chi connectivity index (χ3v) is 14.9. The Kier molecular flexibility index (Phi) is 60.0. The van der Waals surface area contributed by atoms with Crippen LogP contribution in [0.2, 0.25) is 0 Å². The summed E-state index contributed by atoms with van der Waals surface area (Å²) in [6.45, 7) is 4.94. The predicted molar refractivity (Wildman–Crippen MR) is 315 cm³/mol. The largest absolute Gasteiger partial charge is 0.466 e. The number of ether oxygens (including phenoxy) is 1. The van der Waals surface area contributed by atoms with E-state index in [2.05, 4.69) is 55.6 Å². The average molecular weight is 1010 g/mol. The van der Waals surface area contributed by atoms with E-state index in [0.29, 0.717) is 25.9 Å². The summed E-state index contributed by atoms with van der Waals surface area (Å²) in [6, 6.07) is -0.553. The van der Waals surface area contributed by atoms with Gasteiger partial charge in [0.2, 0.25) is 5.91 Å². The standard InChI is InChI=1S/C66H125NO5/c1-3-5-7-9-11-13-15-17-19-21-22-23-24-27-30-34-38-42-46-50-54-58-64(69)63(62-68)67-65(70)59-55-51-47-43-39-35-31-28-25-26-29-33-37-41-45-49-53-57-61-72-66(71)60-56-52-48-44-40-36-32-20-18-16-14-12-10-8-6-4-2/h14,16,20,28,31-32,63-64,68-69H,3-13,15,17-19,21-27,29-30,33-62H2,1-2H3,(H,67,70)/b16-14-,31-28-,32-20-. The third kappa shape index (κ3) is 57.4. The molecule has 424 valence electrons. The van der Waals surface area contributed by atoms with Gasteiger partial charge in [0.1, 0.15) is 0 Å². The second-order valence-electron chi connectivity index (χ2n) is 22.1. The maximum Gasteiger partial charge on any atom is 0.305 e. The molecule has 0 aliphatic rings. The summed E-state index contributed by atoms with van der Waals surface area (Å²) in [5.74, 6) is -0.0568. The molecule has 0 radical (unpaired) electrons. The van der Waals surface area contributed by atoms with Gasteiger partial charge in [-0.15, -0.1) is 0 Å². The lowest BCUT2D eigenvalue weighted by Crippen LogP contribution is -2.45. The molecule has 0 saturated heterocycles. The molecule has 72 heavy (non-hydrogen) atoms. The summed E-state index contributed by atoms with van der Waals surface area (Å²) in [5.41, 5.74) is 0. The van der Waals surface area contributed by atoms with E-state index in [1.165, 1.54) is 244 Å². The molecule has 2 atom stereocenters. The normalized spacial score (nSPS) is 12.8. The zero-order chi connectivity index (χ0) is 52.2. The van der Waals surface area contributed by atoms with Gasteiger partial charge in [-0.1, -0.05) is 288 Å². The van der Waals surface area contributed by atoms with Crippen LogP contribution < -0.4 is 5.32 Å². The Morgan fingerprint density at radius 1 is 0.389 bits per heavy atom. The molecule has 0 rings (SSSR count). The number of nitrogens with one attached hydrogen (secondary N) is 1. The predicted octanol–water partition coefficient (Wildman–Crippen LogP) is 20.4. The Morgan fingerprint density at radius 3 is 1.08 bits per heavy atom. The monoisotopic (exact) mass is 1010 g/mol. The number of aliphatic hydroxyl groups is 2. The summed E-state index contributed by atoms with van der Waals surface area (Å²) in [7, 11) is 0. The van der Waals surface area contributed by atoms with Gasteiger partial charge < -0.3 is 20.3 Å². The zero-order valence-corrected chi connectivity index (χ0v) is 48.4. The molecule has 0 aromatic carbocycles. The SMILES string of the molecule is CCCCCC/C=C\C/C=C\CCCCCCCC(=O)OCCCCCCCCCCC/C=C\CCCCCCCC(=O)NC(CO)C(O)CCCCCCCCCCCCCCCCCCCCCCC. The Morgan fingerprint density at radius 2 is 0.694 bits per heavy atom. The van der Waals surface area contributed by atoms with E-state index in [4.69, 9.17) is 4.74 Å². The number of rotatable bonds is 60. The summed E-state index contributed by atoms with van der Waals surface area (Å²) in [5, 5.41) is 23.4. The molecule has 2 unspecified atom stereocenters. The minimum Gasteiger partial charge on any atom is -0.466 e. The molecule has 3 N–H and O–H groups in total. The van der Waals surface area contributed by atoms with Crippen LogP contribution in [0.3, 0.4) is 0 Å². The van der Waals surface area contributed by atoms with Gasteiger partial charge in [0.15, 0.2) is 0 Å². The van der Waals surface area contributed by atoms with Crippen LogP contribution in [0.25, 0.3) is 0 Å². The van der Waals surface area contributed by atoms with Crippen molar-refractivity contribution < 1.29 is 24.5 Å². The summed E-state index contributed by atoms with van der Waals surface area (Å²) < 4.78 is 5.48. The van der Waals surface area contributed by atoms with E-state index < -0.39 is 12.1 Å². The highest BCUT2D eigenvalue weighted by atomic mass is 16.5. The van der Waals surface area contributed by atoms with E-state index in [0.717, 1.165) is 70.6 Å². The van der Waals surface area contributed by atoms with Crippen LogP contribution in [-0.4, -0.2) is 47.4 Å². The van der Waals surface area contributed by atoms with E-state index in [1.807, 2.05) is 0 Å². The smallest absolute Gasteiger partial charge is 0.305 e. The molecule has 6 heteroatoms. The quantitative estimate of drug-likeness (QED) is 0.0320. The minimum atomic E-state index is -0.675. The Bertz CT molecular complexity index is 1170.